The highest BCUT2D eigenvalue weighted by molar-refractivity contribution is 6.09. The monoisotopic (exact) mass is 574 g/mol. The van der Waals surface area contributed by atoms with Crippen molar-refractivity contribution in [1.29, 1.82) is 0 Å². The number of aliphatic hydroxyl groups is 1. The number of rotatable bonds is 7. The van der Waals surface area contributed by atoms with Crippen LogP contribution in [0, 0.1) is 0 Å². The van der Waals surface area contributed by atoms with E-state index >= 15 is 0 Å². The molecule has 42 heavy (non-hydrogen) atoms. The van der Waals surface area contributed by atoms with Crippen LogP contribution in [0.4, 0.5) is 11.4 Å². The van der Waals surface area contributed by atoms with Gasteiger partial charge in [-0.1, -0.05) is 6.08 Å². The maximum atomic E-state index is 13.9. The molecular formula is C32H42N6O4. The van der Waals surface area contributed by atoms with Crippen molar-refractivity contribution in [3.8, 4) is 0 Å². The van der Waals surface area contributed by atoms with Crippen molar-refractivity contribution >= 4 is 29.4 Å². The Morgan fingerprint density at radius 2 is 2.00 bits per heavy atom. The van der Waals surface area contributed by atoms with Crippen molar-refractivity contribution in [2.45, 2.75) is 70.8 Å². The SMILES string of the molecule is CC1CC=CC(C(=O)Nc2cc3c(cc2N2CCN(C4COC4)[C@@H](C)C2)C(=O)N(CCC(C)(C)O)C3)=C2N=CC=CN21. The Labute approximate surface area is 248 Å². The Kier molecular flexibility index (Phi) is 7.72. The number of nitrogens with zero attached hydrogens (tertiary/aromatic N) is 5. The summed E-state index contributed by atoms with van der Waals surface area (Å²) in [5.41, 5.74) is 2.76. The molecule has 1 aromatic carbocycles. The zero-order chi connectivity index (χ0) is 29.6. The molecule has 10 heteroatoms. The average Bonchev–Trinajstić information content (AvgIpc) is 3.12. The summed E-state index contributed by atoms with van der Waals surface area (Å²) in [4.78, 5) is 40.6. The summed E-state index contributed by atoms with van der Waals surface area (Å²) in [6.07, 6.45) is 10.8. The molecule has 2 fully saturated rings. The van der Waals surface area contributed by atoms with E-state index < -0.39 is 5.60 Å². The van der Waals surface area contributed by atoms with E-state index in [0.717, 1.165) is 50.5 Å². The van der Waals surface area contributed by atoms with Crippen molar-refractivity contribution in [2.75, 3.05) is 49.6 Å². The van der Waals surface area contributed by atoms with Gasteiger partial charge in [-0.3, -0.25) is 14.5 Å². The topological polar surface area (TPSA) is 101 Å². The Hall–Kier alpha value is -3.47. The molecule has 2 N–H and O–H groups in total. The molecule has 6 rings (SSSR count). The Morgan fingerprint density at radius 3 is 2.71 bits per heavy atom. The third-order valence-corrected chi connectivity index (χ3v) is 8.95. The number of carbonyl (C=O) groups is 2. The largest absolute Gasteiger partial charge is 0.390 e. The summed E-state index contributed by atoms with van der Waals surface area (Å²) >= 11 is 0. The summed E-state index contributed by atoms with van der Waals surface area (Å²) in [7, 11) is 0. The fraction of sp³-hybridized carbons (Fsp3) is 0.531. The summed E-state index contributed by atoms with van der Waals surface area (Å²) < 4.78 is 5.45. The molecule has 0 spiro atoms. The molecule has 0 aliphatic carbocycles. The van der Waals surface area contributed by atoms with Gasteiger partial charge in [-0.15, -0.1) is 0 Å². The molecule has 2 saturated heterocycles. The van der Waals surface area contributed by atoms with Crippen LogP contribution in [0.15, 0.2) is 52.9 Å². The van der Waals surface area contributed by atoms with Gasteiger partial charge in [0.05, 0.1) is 41.8 Å². The van der Waals surface area contributed by atoms with Gasteiger partial charge in [0.2, 0.25) is 0 Å². The van der Waals surface area contributed by atoms with E-state index in [2.05, 4.69) is 34.0 Å². The molecule has 0 radical (unpaired) electrons. The van der Waals surface area contributed by atoms with Gasteiger partial charge in [0.15, 0.2) is 0 Å². The third kappa shape index (κ3) is 5.63. The molecule has 5 aliphatic heterocycles. The second-order valence-corrected chi connectivity index (χ2v) is 12.7. The zero-order valence-corrected chi connectivity index (χ0v) is 25.0. The fourth-order valence-corrected chi connectivity index (χ4v) is 6.39. The highest BCUT2D eigenvalue weighted by Crippen LogP contribution is 2.37. The van der Waals surface area contributed by atoms with Crippen LogP contribution in [-0.4, -0.2) is 101 Å². The molecular weight excluding hydrogens is 532 g/mol. The third-order valence-electron chi connectivity index (χ3n) is 8.95. The minimum atomic E-state index is -0.857. The number of fused-ring (bicyclic) bond motifs is 2. The average molecular weight is 575 g/mol. The number of anilines is 2. The van der Waals surface area contributed by atoms with E-state index in [0.29, 0.717) is 54.2 Å². The Balaban J connectivity index is 1.32. The van der Waals surface area contributed by atoms with Gasteiger partial charge in [-0.25, -0.2) is 4.99 Å². The second-order valence-electron chi connectivity index (χ2n) is 12.7. The maximum absolute atomic E-state index is 13.9. The zero-order valence-electron chi connectivity index (χ0n) is 25.0. The quantitative estimate of drug-likeness (QED) is 0.516. The Bertz CT molecular complexity index is 1370. The number of nitrogens with one attached hydrogen (secondary N) is 1. The van der Waals surface area contributed by atoms with Crippen LogP contribution >= 0.6 is 0 Å². The summed E-state index contributed by atoms with van der Waals surface area (Å²) in [6.45, 7) is 12.8. The van der Waals surface area contributed by atoms with Gasteiger partial charge in [0.25, 0.3) is 11.8 Å². The maximum Gasteiger partial charge on any atom is 0.259 e. The smallest absolute Gasteiger partial charge is 0.259 e. The highest BCUT2D eigenvalue weighted by atomic mass is 16.5. The number of benzene rings is 1. The normalized spacial score (nSPS) is 24.6. The van der Waals surface area contributed by atoms with Crippen LogP contribution in [0.5, 0.6) is 0 Å². The molecule has 2 atom stereocenters. The van der Waals surface area contributed by atoms with Crippen molar-refractivity contribution in [3.63, 3.8) is 0 Å². The van der Waals surface area contributed by atoms with Gasteiger partial charge in [-0.05, 0) is 70.4 Å². The van der Waals surface area contributed by atoms with Gasteiger partial charge >= 0.3 is 0 Å². The van der Waals surface area contributed by atoms with Crippen molar-refractivity contribution in [2.24, 2.45) is 4.99 Å². The number of amides is 2. The molecule has 224 valence electrons. The first-order valence-corrected chi connectivity index (χ1v) is 15.1. The summed E-state index contributed by atoms with van der Waals surface area (Å²) in [6, 6.07) is 4.88. The second kappa shape index (κ2) is 11.3. The fourth-order valence-electron chi connectivity index (χ4n) is 6.39. The number of carbonyl (C=O) groups excluding carboxylic acids is 2. The van der Waals surface area contributed by atoms with Crippen LogP contribution in [0.2, 0.25) is 0 Å². The van der Waals surface area contributed by atoms with E-state index in [4.69, 9.17) is 4.74 Å². The number of piperazine rings is 1. The summed E-state index contributed by atoms with van der Waals surface area (Å²) in [5, 5.41) is 13.5. The molecule has 1 aromatic rings. The molecule has 1 unspecified atom stereocenters. The Morgan fingerprint density at radius 1 is 1.19 bits per heavy atom. The number of hydrogen-bond acceptors (Lipinski definition) is 8. The first-order chi connectivity index (χ1) is 20.1. The molecule has 10 nitrogen and oxygen atoms in total. The van der Waals surface area contributed by atoms with Crippen LogP contribution in [0.25, 0.3) is 0 Å². The summed E-state index contributed by atoms with van der Waals surface area (Å²) in [5.74, 6) is 0.378. The first-order valence-electron chi connectivity index (χ1n) is 15.1. The molecule has 0 aromatic heterocycles. The van der Waals surface area contributed by atoms with E-state index in [9.17, 15) is 14.7 Å². The number of hydrogen-bond donors (Lipinski definition) is 2. The van der Waals surface area contributed by atoms with E-state index in [1.165, 1.54) is 0 Å². The lowest BCUT2D eigenvalue weighted by Crippen LogP contribution is -2.60. The van der Waals surface area contributed by atoms with Gasteiger partial charge in [0.1, 0.15) is 5.82 Å². The molecule has 5 heterocycles. The van der Waals surface area contributed by atoms with Gasteiger partial charge in [0, 0.05) is 62.8 Å². The van der Waals surface area contributed by atoms with Crippen LogP contribution in [-0.2, 0) is 16.1 Å². The number of aliphatic imine (C=N–C) groups is 1. The lowest BCUT2D eigenvalue weighted by molar-refractivity contribution is -0.112. The van der Waals surface area contributed by atoms with E-state index in [1.807, 2.05) is 41.5 Å². The van der Waals surface area contributed by atoms with E-state index in [-0.39, 0.29) is 17.9 Å². The van der Waals surface area contributed by atoms with Crippen molar-refractivity contribution in [1.82, 2.24) is 14.7 Å². The highest BCUT2D eigenvalue weighted by Gasteiger charge is 2.36. The first kappa shape index (κ1) is 28.6. The minimum Gasteiger partial charge on any atom is -0.390 e. The van der Waals surface area contributed by atoms with Gasteiger partial charge in [-0.2, -0.15) is 0 Å². The van der Waals surface area contributed by atoms with Crippen LogP contribution in [0.1, 0.15) is 56.5 Å². The van der Waals surface area contributed by atoms with Crippen molar-refractivity contribution < 1.29 is 19.4 Å². The van der Waals surface area contributed by atoms with Gasteiger partial charge < -0.3 is 29.9 Å². The standard InChI is InChI=1S/C32H42N6O4/c1-21-7-5-8-25(29-33-10-6-11-38(21)29)30(39)34-27-15-23-18-36(12-9-32(3,4)41)31(40)26(23)16-28(27)35-13-14-37(22(2)17-35)24-19-42-20-24/h5-6,8,10-11,15-16,21-22,24,41H,7,9,12-14,17-20H2,1-4H3,(H,34,39)/t21?,22-/m0/s1. The van der Waals surface area contributed by atoms with Crippen LogP contribution in [0.3, 0.4) is 0 Å². The minimum absolute atomic E-state index is 0.0312. The number of allylic oxidation sites excluding steroid dienone is 1. The lowest BCUT2D eigenvalue weighted by Gasteiger charge is -2.47. The van der Waals surface area contributed by atoms with E-state index in [1.54, 1.807) is 25.0 Å². The predicted octanol–water partition coefficient (Wildman–Crippen LogP) is 3.11. The molecule has 5 aliphatic rings. The number of ether oxygens (including phenoxy) is 1. The molecule has 0 bridgehead atoms. The molecule has 0 saturated carbocycles. The lowest BCUT2D eigenvalue weighted by atomic mass is 10.0. The predicted molar refractivity (Wildman–Crippen MR) is 163 cm³/mol. The van der Waals surface area contributed by atoms with Crippen LogP contribution < -0.4 is 10.2 Å². The molecule has 2 amide bonds. The van der Waals surface area contributed by atoms with Crippen molar-refractivity contribution in [3.05, 3.63) is 59.1 Å².